The molecule has 3 aliphatic carbocycles. The van der Waals surface area contributed by atoms with Gasteiger partial charge in [0.1, 0.15) is 0 Å². The highest BCUT2D eigenvalue weighted by Gasteiger charge is 2.61. The average Bonchev–Trinajstić information content (AvgIpc) is 3.29. The zero-order valence-corrected chi connectivity index (χ0v) is 22.9. The lowest BCUT2D eigenvalue weighted by atomic mass is 9.55. The van der Waals surface area contributed by atoms with Crippen LogP contribution in [0.5, 0.6) is 0 Å². The van der Waals surface area contributed by atoms with Gasteiger partial charge in [-0.3, -0.25) is 14.4 Å². The second-order valence-electron chi connectivity index (χ2n) is 11.0. The van der Waals surface area contributed by atoms with E-state index < -0.39 is 47.7 Å². The minimum Gasteiger partial charge on any atom is -0.452 e. The highest BCUT2D eigenvalue weighted by atomic mass is 19.4. The van der Waals surface area contributed by atoms with Crippen molar-refractivity contribution in [2.45, 2.75) is 18.0 Å². The molecule has 44 heavy (non-hydrogen) atoms. The zero-order valence-electron chi connectivity index (χ0n) is 22.9. The molecule has 4 aromatic rings. The Kier molecular flexibility index (Phi) is 6.38. The molecule has 1 N–H and O–H groups in total. The second-order valence-corrected chi connectivity index (χ2v) is 11.0. The number of nitrogens with zero attached hydrogens (tertiary/aromatic N) is 1. The fourth-order valence-corrected chi connectivity index (χ4v) is 6.92. The largest absolute Gasteiger partial charge is 0.452 e. The summed E-state index contributed by atoms with van der Waals surface area (Å²) < 4.78 is 44.6. The van der Waals surface area contributed by atoms with Crippen LogP contribution in [-0.4, -0.2) is 30.3 Å². The number of ether oxygens (including phenoxy) is 1. The van der Waals surface area contributed by atoms with Crippen molar-refractivity contribution in [3.8, 4) is 0 Å². The summed E-state index contributed by atoms with van der Waals surface area (Å²) >= 11 is 0. The third-order valence-electron chi connectivity index (χ3n) is 8.65. The molecular weight excluding hydrogens is 573 g/mol. The van der Waals surface area contributed by atoms with Gasteiger partial charge in [0, 0.05) is 11.8 Å². The van der Waals surface area contributed by atoms with Crippen molar-refractivity contribution in [1.82, 2.24) is 0 Å². The Balaban J connectivity index is 1.07. The number of carbonyl (C=O) groups is 4. The van der Waals surface area contributed by atoms with Gasteiger partial charge in [0.05, 0.1) is 34.3 Å². The van der Waals surface area contributed by atoms with Gasteiger partial charge < -0.3 is 10.1 Å². The van der Waals surface area contributed by atoms with Crippen LogP contribution >= 0.6 is 0 Å². The maximum Gasteiger partial charge on any atom is 0.418 e. The Labute approximate surface area is 249 Å². The van der Waals surface area contributed by atoms with Crippen LogP contribution in [0.3, 0.4) is 0 Å². The normalized spacial score (nSPS) is 21.4. The average molecular weight is 597 g/mol. The van der Waals surface area contributed by atoms with E-state index in [9.17, 15) is 32.3 Å². The predicted molar refractivity (Wildman–Crippen MR) is 153 cm³/mol. The zero-order chi connectivity index (χ0) is 30.7. The summed E-state index contributed by atoms with van der Waals surface area (Å²) in [6, 6.07) is 26.0. The van der Waals surface area contributed by atoms with E-state index in [1.54, 1.807) is 0 Å². The summed E-state index contributed by atoms with van der Waals surface area (Å²) in [5.41, 5.74) is 3.10. The summed E-state index contributed by atoms with van der Waals surface area (Å²) in [5.74, 6) is -4.04. The van der Waals surface area contributed by atoms with Crippen LogP contribution in [0.1, 0.15) is 50.0 Å². The fraction of sp³-hybridized carbons (Fsp3) is 0.176. The number of alkyl halides is 3. The molecule has 7 nitrogen and oxygen atoms in total. The second kappa shape index (κ2) is 10.2. The van der Waals surface area contributed by atoms with Crippen LogP contribution in [0.4, 0.5) is 24.5 Å². The molecule has 4 aromatic carbocycles. The molecule has 3 amide bonds. The third-order valence-corrected chi connectivity index (χ3v) is 8.65. The van der Waals surface area contributed by atoms with Gasteiger partial charge in [-0.1, -0.05) is 60.7 Å². The van der Waals surface area contributed by atoms with Crippen molar-refractivity contribution in [2.75, 3.05) is 16.8 Å². The monoisotopic (exact) mass is 596 g/mol. The Bertz CT molecular complexity index is 1740. The Morgan fingerprint density at radius 2 is 1.18 bits per heavy atom. The maximum absolute atomic E-state index is 13.9. The molecule has 220 valence electrons. The summed E-state index contributed by atoms with van der Waals surface area (Å²) in [7, 11) is 0. The molecule has 2 atom stereocenters. The lowest BCUT2D eigenvalue weighted by Crippen LogP contribution is -2.41. The summed E-state index contributed by atoms with van der Waals surface area (Å²) in [6.07, 6.45) is -4.67. The number of benzene rings is 4. The quantitative estimate of drug-likeness (QED) is 0.229. The van der Waals surface area contributed by atoms with Gasteiger partial charge in [0.15, 0.2) is 6.61 Å². The number of hydrogen-bond acceptors (Lipinski definition) is 5. The lowest BCUT2D eigenvalue weighted by Gasteiger charge is -2.45. The van der Waals surface area contributed by atoms with Crippen LogP contribution in [0, 0.1) is 11.8 Å². The van der Waals surface area contributed by atoms with Crippen LogP contribution in [0.25, 0.3) is 0 Å². The predicted octanol–water partition coefficient (Wildman–Crippen LogP) is 5.90. The number of rotatable bonds is 5. The van der Waals surface area contributed by atoms with Crippen LogP contribution in [0.15, 0.2) is 97.1 Å². The SMILES string of the molecule is O=C(COC(=O)c1ccc(N2C(=O)[C@@H]3C4c5ccccc5C(c5ccccc54)[C@H]3C2=O)cc1)Nc1ccccc1C(F)(F)F. The lowest BCUT2D eigenvalue weighted by molar-refractivity contribution is -0.137. The van der Waals surface area contributed by atoms with Gasteiger partial charge in [-0.25, -0.2) is 9.69 Å². The maximum atomic E-state index is 13.9. The molecule has 0 saturated carbocycles. The van der Waals surface area contributed by atoms with E-state index in [0.717, 1.165) is 34.4 Å². The minimum atomic E-state index is -4.67. The molecular formula is C34H23F3N2O5. The first-order chi connectivity index (χ1) is 21.1. The van der Waals surface area contributed by atoms with Gasteiger partial charge in [-0.05, 0) is 58.7 Å². The smallest absolute Gasteiger partial charge is 0.418 e. The molecule has 0 unspecified atom stereocenters. The van der Waals surface area contributed by atoms with Gasteiger partial charge in [-0.2, -0.15) is 13.2 Å². The van der Waals surface area contributed by atoms with Crippen LogP contribution in [0.2, 0.25) is 0 Å². The molecule has 4 aliphatic rings. The van der Waals surface area contributed by atoms with Crippen molar-refractivity contribution in [2.24, 2.45) is 11.8 Å². The van der Waals surface area contributed by atoms with Gasteiger partial charge in [0.2, 0.25) is 11.8 Å². The highest BCUT2D eigenvalue weighted by molar-refractivity contribution is 6.23. The van der Waals surface area contributed by atoms with E-state index in [2.05, 4.69) is 5.32 Å². The third kappa shape index (κ3) is 4.28. The van der Waals surface area contributed by atoms with E-state index in [1.165, 1.54) is 41.3 Å². The molecule has 0 spiro atoms. The number of anilines is 2. The van der Waals surface area contributed by atoms with Crippen molar-refractivity contribution in [1.29, 1.82) is 0 Å². The van der Waals surface area contributed by atoms with Gasteiger partial charge in [-0.15, -0.1) is 0 Å². The number of halogens is 3. The molecule has 0 aromatic heterocycles. The minimum absolute atomic E-state index is 0.0358. The highest BCUT2D eigenvalue weighted by Crippen LogP contribution is 2.61. The van der Waals surface area contributed by atoms with E-state index in [4.69, 9.17) is 4.74 Å². The number of imide groups is 1. The molecule has 1 aliphatic heterocycles. The van der Waals surface area contributed by atoms with Crippen molar-refractivity contribution < 1.29 is 37.1 Å². The van der Waals surface area contributed by atoms with Crippen LogP contribution in [-0.2, 0) is 25.3 Å². The molecule has 10 heteroatoms. The number of hydrogen-bond donors (Lipinski definition) is 1. The first kappa shape index (κ1) is 27.6. The number of esters is 1. The van der Waals surface area contributed by atoms with E-state index in [0.29, 0.717) is 5.69 Å². The molecule has 2 bridgehead atoms. The first-order valence-corrected chi connectivity index (χ1v) is 13.9. The van der Waals surface area contributed by atoms with Crippen molar-refractivity contribution in [3.63, 3.8) is 0 Å². The van der Waals surface area contributed by atoms with E-state index in [1.807, 2.05) is 48.5 Å². The van der Waals surface area contributed by atoms with E-state index in [-0.39, 0.29) is 29.2 Å². The van der Waals surface area contributed by atoms with Crippen LogP contribution < -0.4 is 10.2 Å². The molecule has 1 fully saturated rings. The van der Waals surface area contributed by atoms with Crippen molar-refractivity contribution in [3.05, 3.63) is 130 Å². The van der Waals surface area contributed by atoms with Crippen molar-refractivity contribution >= 4 is 35.1 Å². The number of amides is 3. The number of para-hydroxylation sites is 1. The Hall–Kier alpha value is -5.25. The molecule has 8 rings (SSSR count). The Morgan fingerprint density at radius 1 is 0.705 bits per heavy atom. The molecule has 0 radical (unpaired) electrons. The van der Waals surface area contributed by atoms with Gasteiger partial charge >= 0.3 is 12.1 Å². The molecule has 1 saturated heterocycles. The van der Waals surface area contributed by atoms with Gasteiger partial charge in [0.25, 0.3) is 5.91 Å². The van der Waals surface area contributed by atoms with E-state index >= 15 is 0 Å². The Morgan fingerprint density at radius 3 is 1.68 bits per heavy atom. The standard InChI is InChI=1S/C34H23F3N2O5/c35-34(36,37)24-11-5-6-12-25(24)38-26(40)17-44-33(43)18-13-15-19(16-14-18)39-31(41)29-27-20-7-1-2-8-21(20)28(30(29)32(39)42)23-10-4-3-9-22(23)27/h1-16,27-30H,17H2,(H,38,40)/t27?,28?,29-,30-/m1/s1. The number of carbonyl (C=O) groups excluding carboxylic acids is 4. The summed E-state index contributed by atoms with van der Waals surface area (Å²) in [5, 5.41) is 2.11. The fourth-order valence-electron chi connectivity index (χ4n) is 6.92. The topological polar surface area (TPSA) is 92.8 Å². The molecule has 1 heterocycles. The summed E-state index contributed by atoms with van der Waals surface area (Å²) in [4.78, 5) is 53.8. The summed E-state index contributed by atoms with van der Waals surface area (Å²) in [6.45, 7) is -0.816. The number of nitrogens with one attached hydrogen (secondary N) is 1. The first-order valence-electron chi connectivity index (χ1n) is 13.9.